The van der Waals surface area contributed by atoms with E-state index in [0.29, 0.717) is 23.7 Å². The van der Waals surface area contributed by atoms with Crippen LogP contribution in [0.4, 0.5) is 0 Å². The summed E-state index contributed by atoms with van der Waals surface area (Å²) in [5.41, 5.74) is 2.35. The highest BCUT2D eigenvalue weighted by atomic mass is 16.3. The van der Waals surface area contributed by atoms with Gasteiger partial charge in [0.2, 0.25) is 0 Å². The van der Waals surface area contributed by atoms with Crippen LogP contribution in [-0.4, -0.2) is 22.4 Å². The first-order valence-corrected chi connectivity index (χ1v) is 14.0. The minimum Gasteiger partial charge on any atom is -0.390 e. The molecule has 5 aliphatic rings. The molecule has 5 rings (SSSR count). The van der Waals surface area contributed by atoms with Crippen molar-refractivity contribution in [2.75, 3.05) is 0 Å². The standard InChI is InChI=1S/C31H50O2/c1-9-31-15-12-19(2)20(3)25(31)21-10-11-24-28(6)18-22(32)26(33)27(4,5)23(28)13-14-30(24,8)29(21,7)16-17-31/h9-10,19-20,22-26,32-33H,1,11-18H2,2-8H3. The highest BCUT2D eigenvalue weighted by molar-refractivity contribution is 5.35. The summed E-state index contributed by atoms with van der Waals surface area (Å²) in [4.78, 5) is 0. The van der Waals surface area contributed by atoms with Gasteiger partial charge < -0.3 is 10.2 Å². The second-order valence-corrected chi connectivity index (χ2v) is 14.6. The Bertz CT molecular complexity index is 857. The SMILES string of the molecule is C=CC12CCC(C)C(C)C1C1=CCC3C4(C)CC(O)C(O)C(C)(C)C4CCC3(C)C1(C)CC2. The summed E-state index contributed by atoms with van der Waals surface area (Å²) in [6.07, 6.45) is 13.3. The van der Waals surface area contributed by atoms with Crippen LogP contribution in [0.5, 0.6) is 0 Å². The first kappa shape index (κ1) is 24.1. The summed E-state index contributed by atoms with van der Waals surface area (Å²) >= 11 is 0. The van der Waals surface area contributed by atoms with Gasteiger partial charge in [0.25, 0.3) is 0 Å². The first-order valence-electron chi connectivity index (χ1n) is 14.0. The lowest BCUT2D eigenvalue weighted by atomic mass is 9.33. The molecule has 11 atom stereocenters. The molecule has 0 aromatic heterocycles. The fourth-order valence-corrected chi connectivity index (χ4v) is 11.0. The molecule has 5 aliphatic carbocycles. The Hall–Kier alpha value is -0.600. The van der Waals surface area contributed by atoms with Gasteiger partial charge in [-0.1, -0.05) is 66.2 Å². The van der Waals surface area contributed by atoms with Crippen LogP contribution in [0.15, 0.2) is 24.3 Å². The average molecular weight is 455 g/mol. The van der Waals surface area contributed by atoms with Crippen molar-refractivity contribution in [2.45, 2.75) is 112 Å². The van der Waals surface area contributed by atoms with Gasteiger partial charge in [0.05, 0.1) is 12.2 Å². The summed E-state index contributed by atoms with van der Waals surface area (Å²) in [5.74, 6) is 3.15. The van der Waals surface area contributed by atoms with Gasteiger partial charge in [0, 0.05) is 0 Å². The largest absolute Gasteiger partial charge is 0.390 e. The van der Waals surface area contributed by atoms with Crippen LogP contribution in [0.2, 0.25) is 0 Å². The Kier molecular flexibility index (Phi) is 5.27. The predicted molar refractivity (Wildman–Crippen MR) is 137 cm³/mol. The summed E-state index contributed by atoms with van der Waals surface area (Å²) < 4.78 is 0. The lowest BCUT2D eigenvalue weighted by Crippen LogP contribution is -2.66. The lowest BCUT2D eigenvalue weighted by molar-refractivity contribution is -0.231. The molecule has 2 nitrogen and oxygen atoms in total. The molecule has 0 saturated heterocycles. The third-order valence-electron chi connectivity index (χ3n) is 13.4. The normalized spacial score (nSPS) is 57.6. The maximum atomic E-state index is 11.0. The molecule has 4 saturated carbocycles. The van der Waals surface area contributed by atoms with Crippen molar-refractivity contribution in [2.24, 2.45) is 56.7 Å². The predicted octanol–water partition coefficient (Wildman–Crippen LogP) is 7.16. The molecule has 2 heteroatoms. The maximum Gasteiger partial charge on any atom is 0.0852 e. The molecule has 0 aliphatic heterocycles. The van der Waals surface area contributed by atoms with Gasteiger partial charge in [0.15, 0.2) is 0 Å². The van der Waals surface area contributed by atoms with E-state index in [1.807, 2.05) is 0 Å². The number of rotatable bonds is 1. The van der Waals surface area contributed by atoms with Crippen molar-refractivity contribution in [3.05, 3.63) is 24.3 Å². The monoisotopic (exact) mass is 454 g/mol. The molecular formula is C31H50O2. The van der Waals surface area contributed by atoms with Crippen LogP contribution >= 0.6 is 0 Å². The molecule has 0 spiro atoms. The van der Waals surface area contributed by atoms with E-state index in [9.17, 15) is 10.2 Å². The fourth-order valence-electron chi connectivity index (χ4n) is 11.0. The van der Waals surface area contributed by atoms with Crippen LogP contribution in [0.1, 0.15) is 99.8 Å². The summed E-state index contributed by atoms with van der Waals surface area (Å²) in [5, 5.41) is 21.9. The van der Waals surface area contributed by atoms with Gasteiger partial charge in [-0.05, 0) is 108 Å². The average Bonchev–Trinajstić information content (AvgIpc) is 2.75. The number of hydrogen-bond acceptors (Lipinski definition) is 2. The second kappa shape index (κ2) is 7.22. The Morgan fingerprint density at radius 2 is 1.64 bits per heavy atom. The molecule has 0 bridgehead atoms. The Morgan fingerprint density at radius 3 is 2.30 bits per heavy atom. The topological polar surface area (TPSA) is 40.5 Å². The second-order valence-electron chi connectivity index (χ2n) is 14.6. The van der Waals surface area contributed by atoms with Crippen LogP contribution in [0, 0.1) is 56.7 Å². The molecule has 2 N–H and O–H groups in total. The molecule has 0 heterocycles. The van der Waals surface area contributed by atoms with Crippen molar-refractivity contribution < 1.29 is 10.2 Å². The Labute approximate surface area is 203 Å². The van der Waals surface area contributed by atoms with Crippen LogP contribution < -0.4 is 0 Å². The molecular weight excluding hydrogens is 404 g/mol. The smallest absolute Gasteiger partial charge is 0.0852 e. The van der Waals surface area contributed by atoms with Gasteiger partial charge in [0.1, 0.15) is 0 Å². The zero-order valence-corrected chi connectivity index (χ0v) is 22.5. The Balaban J connectivity index is 1.61. The Morgan fingerprint density at radius 1 is 0.939 bits per heavy atom. The minimum absolute atomic E-state index is 0.0681. The van der Waals surface area contributed by atoms with E-state index in [0.717, 1.165) is 18.8 Å². The molecule has 0 aromatic carbocycles. The van der Waals surface area contributed by atoms with E-state index in [4.69, 9.17) is 0 Å². The zero-order valence-electron chi connectivity index (χ0n) is 22.5. The third kappa shape index (κ3) is 2.80. The van der Waals surface area contributed by atoms with Gasteiger partial charge in [-0.3, -0.25) is 0 Å². The van der Waals surface area contributed by atoms with E-state index in [2.05, 4.69) is 67.2 Å². The highest BCUT2D eigenvalue weighted by Gasteiger charge is 2.69. The van der Waals surface area contributed by atoms with Crippen molar-refractivity contribution in [1.29, 1.82) is 0 Å². The van der Waals surface area contributed by atoms with Crippen molar-refractivity contribution >= 4 is 0 Å². The number of aliphatic hydroxyl groups excluding tert-OH is 2. The maximum absolute atomic E-state index is 11.0. The quantitative estimate of drug-likeness (QED) is 0.413. The zero-order chi connectivity index (χ0) is 24.2. The van der Waals surface area contributed by atoms with E-state index in [1.165, 1.54) is 38.5 Å². The molecule has 0 radical (unpaired) electrons. The summed E-state index contributed by atoms with van der Waals surface area (Å²) in [6.45, 7) is 21.5. The van der Waals surface area contributed by atoms with E-state index in [-0.39, 0.29) is 27.1 Å². The van der Waals surface area contributed by atoms with Gasteiger partial charge in [-0.15, -0.1) is 6.58 Å². The third-order valence-corrected chi connectivity index (χ3v) is 13.4. The van der Waals surface area contributed by atoms with E-state index in [1.54, 1.807) is 5.57 Å². The summed E-state index contributed by atoms with van der Waals surface area (Å²) in [6, 6.07) is 0. The molecule has 4 fully saturated rings. The van der Waals surface area contributed by atoms with Gasteiger partial charge >= 0.3 is 0 Å². The van der Waals surface area contributed by atoms with Crippen LogP contribution in [0.3, 0.4) is 0 Å². The van der Waals surface area contributed by atoms with Crippen molar-refractivity contribution in [1.82, 2.24) is 0 Å². The number of fused-ring (bicyclic) bond motifs is 7. The lowest BCUT2D eigenvalue weighted by Gasteiger charge is -2.72. The van der Waals surface area contributed by atoms with Crippen LogP contribution in [-0.2, 0) is 0 Å². The fraction of sp³-hybridized carbons (Fsp3) is 0.871. The molecule has 186 valence electrons. The minimum atomic E-state index is -0.613. The van der Waals surface area contributed by atoms with Gasteiger partial charge in [-0.25, -0.2) is 0 Å². The number of aliphatic hydroxyl groups is 2. The highest BCUT2D eigenvalue weighted by Crippen LogP contribution is 2.75. The molecule has 11 unspecified atom stereocenters. The molecule has 0 aromatic rings. The first-order chi connectivity index (χ1) is 15.3. The van der Waals surface area contributed by atoms with Crippen molar-refractivity contribution in [3.63, 3.8) is 0 Å². The number of hydrogen-bond donors (Lipinski definition) is 2. The van der Waals surface area contributed by atoms with E-state index >= 15 is 0 Å². The number of allylic oxidation sites excluding steroid dienone is 3. The van der Waals surface area contributed by atoms with Crippen molar-refractivity contribution in [3.8, 4) is 0 Å². The van der Waals surface area contributed by atoms with Crippen LogP contribution in [0.25, 0.3) is 0 Å². The molecule has 0 amide bonds. The summed E-state index contributed by atoms with van der Waals surface area (Å²) in [7, 11) is 0. The molecule has 33 heavy (non-hydrogen) atoms. The van der Waals surface area contributed by atoms with E-state index < -0.39 is 12.2 Å². The van der Waals surface area contributed by atoms with Gasteiger partial charge in [-0.2, -0.15) is 0 Å².